The van der Waals surface area contributed by atoms with E-state index in [1.807, 2.05) is 30.3 Å². The van der Waals surface area contributed by atoms with E-state index in [1.54, 1.807) is 0 Å². The van der Waals surface area contributed by atoms with E-state index in [0.717, 1.165) is 11.8 Å². The number of aromatic nitrogens is 1. The van der Waals surface area contributed by atoms with E-state index in [9.17, 15) is 18.3 Å². The standard InChI is InChI=1S/C22H23BrF3N5O4/c1-10(27)30-20(31-13-7-12(23)8-29-19(13)22(24,25)26)18-16(32)15(28)17-14(34-18)9-33-21(35-17)11-5-3-2-4-6-11/h2-8,14-18,21,32H,9,28H2,1H3,(H2,27,30,31). The minimum atomic E-state index is -4.76. The number of nitrogens with zero attached hydrogens (tertiary/aromatic N) is 2. The Kier molecular flexibility index (Phi) is 7.54. The molecule has 2 aliphatic heterocycles. The van der Waals surface area contributed by atoms with Crippen LogP contribution >= 0.6 is 15.9 Å². The molecule has 2 fully saturated rings. The van der Waals surface area contributed by atoms with Crippen molar-refractivity contribution >= 4 is 33.3 Å². The molecule has 0 saturated carbocycles. The third kappa shape index (κ3) is 5.71. The zero-order valence-electron chi connectivity index (χ0n) is 18.4. The number of nitrogens with two attached hydrogens (primary N) is 1. The van der Waals surface area contributed by atoms with E-state index in [4.69, 9.17) is 25.4 Å². The van der Waals surface area contributed by atoms with Gasteiger partial charge in [0.2, 0.25) is 0 Å². The van der Waals surface area contributed by atoms with Crippen LogP contribution in [0.15, 0.2) is 52.1 Å². The van der Waals surface area contributed by atoms with Crippen LogP contribution in [0.2, 0.25) is 0 Å². The number of nitrogens with one attached hydrogen (secondary N) is 2. The van der Waals surface area contributed by atoms with Gasteiger partial charge in [0.1, 0.15) is 36.1 Å². The number of aliphatic imine (C=N–C) groups is 1. The lowest BCUT2D eigenvalue weighted by molar-refractivity contribution is -0.299. The van der Waals surface area contributed by atoms with Crippen molar-refractivity contribution in [3.8, 4) is 0 Å². The van der Waals surface area contributed by atoms with Crippen molar-refractivity contribution in [3.05, 3.63) is 58.3 Å². The Morgan fingerprint density at radius 3 is 2.66 bits per heavy atom. The summed E-state index contributed by atoms with van der Waals surface area (Å²) in [6, 6.07) is 9.35. The molecule has 1 aromatic carbocycles. The van der Waals surface area contributed by atoms with E-state index in [0.29, 0.717) is 0 Å². The van der Waals surface area contributed by atoms with Gasteiger partial charge in [-0.1, -0.05) is 30.3 Å². The Hall–Kier alpha value is -2.42. The van der Waals surface area contributed by atoms with Crippen molar-refractivity contribution in [1.29, 1.82) is 5.41 Å². The zero-order chi connectivity index (χ0) is 25.3. The van der Waals surface area contributed by atoms with E-state index >= 15 is 0 Å². The molecule has 9 nitrogen and oxygen atoms in total. The molecule has 3 heterocycles. The molecule has 0 spiro atoms. The number of alkyl halides is 3. The first kappa shape index (κ1) is 25.7. The fourth-order valence-corrected chi connectivity index (χ4v) is 4.25. The largest absolute Gasteiger partial charge is 0.435 e. The first-order valence-corrected chi connectivity index (χ1v) is 11.4. The monoisotopic (exact) mass is 557 g/mol. The third-order valence-electron chi connectivity index (χ3n) is 5.48. The predicted molar refractivity (Wildman–Crippen MR) is 124 cm³/mol. The maximum absolute atomic E-state index is 13.5. The molecule has 2 saturated heterocycles. The molecule has 13 heteroatoms. The van der Waals surface area contributed by atoms with Gasteiger partial charge in [-0.25, -0.2) is 9.98 Å². The maximum atomic E-state index is 13.5. The summed E-state index contributed by atoms with van der Waals surface area (Å²) in [7, 11) is 0. The summed E-state index contributed by atoms with van der Waals surface area (Å²) in [4.78, 5) is 7.44. The average molecular weight is 558 g/mol. The molecule has 0 amide bonds. The minimum absolute atomic E-state index is 0.0598. The summed E-state index contributed by atoms with van der Waals surface area (Å²) in [5.41, 5.74) is 5.44. The molecular formula is C22H23BrF3N5O4. The van der Waals surface area contributed by atoms with Crippen molar-refractivity contribution in [2.75, 3.05) is 11.9 Å². The normalized spacial score (nSPS) is 29.4. The van der Waals surface area contributed by atoms with Gasteiger partial charge in [-0.15, -0.1) is 0 Å². The van der Waals surface area contributed by atoms with Crippen LogP contribution in [-0.2, 0) is 20.4 Å². The van der Waals surface area contributed by atoms with Crippen LogP contribution in [0, 0.1) is 5.41 Å². The topological polar surface area (TPSA) is 135 Å². The molecule has 0 aliphatic carbocycles. The number of anilines is 1. The lowest BCUT2D eigenvalue weighted by Gasteiger charge is -2.47. The Bertz CT molecular complexity index is 1100. The van der Waals surface area contributed by atoms with Crippen LogP contribution in [0.1, 0.15) is 24.5 Å². The number of rotatable bonds is 3. The molecule has 6 atom stereocenters. The lowest BCUT2D eigenvalue weighted by Crippen LogP contribution is -2.67. The highest BCUT2D eigenvalue weighted by atomic mass is 79.9. The van der Waals surface area contributed by atoms with Gasteiger partial charge in [0.05, 0.1) is 18.3 Å². The van der Waals surface area contributed by atoms with Crippen molar-refractivity contribution in [2.24, 2.45) is 10.7 Å². The number of aliphatic hydroxyl groups excluding tert-OH is 1. The number of hydrogen-bond donors (Lipinski definition) is 4. The van der Waals surface area contributed by atoms with Crippen LogP contribution < -0.4 is 11.1 Å². The second kappa shape index (κ2) is 10.3. The van der Waals surface area contributed by atoms with Gasteiger partial charge in [0.15, 0.2) is 12.0 Å². The van der Waals surface area contributed by atoms with Crippen molar-refractivity contribution < 1.29 is 32.5 Å². The molecular weight excluding hydrogens is 535 g/mol. The predicted octanol–water partition coefficient (Wildman–Crippen LogP) is 3.24. The quantitative estimate of drug-likeness (QED) is 0.336. The van der Waals surface area contributed by atoms with Crippen LogP contribution in [0.25, 0.3) is 0 Å². The van der Waals surface area contributed by atoms with E-state index in [-0.39, 0.29) is 22.8 Å². The highest BCUT2D eigenvalue weighted by molar-refractivity contribution is 9.10. The lowest BCUT2D eigenvalue weighted by atomic mass is 9.91. The highest BCUT2D eigenvalue weighted by Gasteiger charge is 2.49. The minimum Gasteiger partial charge on any atom is -0.388 e. The summed E-state index contributed by atoms with van der Waals surface area (Å²) < 4.78 is 58.6. The molecule has 2 aromatic rings. The molecule has 4 rings (SSSR count). The Morgan fingerprint density at radius 2 is 2.00 bits per heavy atom. The molecule has 2 aliphatic rings. The van der Waals surface area contributed by atoms with Crippen LogP contribution in [-0.4, -0.2) is 58.8 Å². The number of hydrogen-bond acceptors (Lipinski definition) is 7. The van der Waals surface area contributed by atoms with Crippen LogP contribution in [0.4, 0.5) is 18.9 Å². The number of ether oxygens (including phenoxy) is 3. The number of benzene rings is 1. The molecule has 5 N–H and O–H groups in total. The fourth-order valence-electron chi connectivity index (χ4n) is 3.92. The van der Waals surface area contributed by atoms with Crippen molar-refractivity contribution in [3.63, 3.8) is 0 Å². The van der Waals surface area contributed by atoms with E-state index < -0.39 is 54.3 Å². The first-order valence-electron chi connectivity index (χ1n) is 10.6. The van der Waals surface area contributed by atoms with Crippen molar-refractivity contribution in [2.45, 2.75) is 49.8 Å². The summed E-state index contributed by atoms with van der Waals surface area (Å²) in [5, 5.41) is 21.3. The van der Waals surface area contributed by atoms with Gasteiger partial charge in [0.25, 0.3) is 0 Å². The fraction of sp³-hybridized carbons (Fsp3) is 0.409. The Balaban J connectivity index is 1.60. The van der Waals surface area contributed by atoms with Gasteiger partial charge in [-0.3, -0.25) is 5.41 Å². The number of fused-ring (bicyclic) bond motifs is 1. The van der Waals surface area contributed by atoms with Gasteiger partial charge in [0, 0.05) is 16.2 Å². The summed E-state index contributed by atoms with van der Waals surface area (Å²) in [6.07, 6.45) is -8.65. The number of amidine groups is 2. The van der Waals surface area contributed by atoms with Gasteiger partial charge in [-0.2, -0.15) is 13.2 Å². The number of halogens is 4. The van der Waals surface area contributed by atoms with E-state index in [2.05, 4.69) is 31.2 Å². The van der Waals surface area contributed by atoms with Crippen molar-refractivity contribution in [1.82, 2.24) is 4.98 Å². The maximum Gasteiger partial charge on any atom is 0.435 e. The number of aliphatic hydroxyl groups is 1. The van der Waals surface area contributed by atoms with Crippen LogP contribution in [0.5, 0.6) is 0 Å². The second-order valence-corrected chi connectivity index (χ2v) is 9.01. The molecule has 1 aromatic heterocycles. The van der Waals surface area contributed by atoms with Gasteiger partial charge < -0.3 is 30.4 Å². The Morgan fingerprint density at radius 1 is 1.29 bits per heavy atom. The molecule has 6 unspecified atom stereocenters. The highest BCUT2D eigenvalue weighted by Crippen LogP contribution is 2.36. The zero-order valence-corrected chi connectivity index (χ0v) is 20.0. The molecule has 35 heavy (non-hydrogen) atoms. The summed E-state index contributed by atoms with van der Waals surface area (Å²) >= 11 is 3.11. The third-order valence-corrected chi connectivity index (χ3v) is 5.91. The average Bonchev–Trinajstić information content (AvgIpc) is 2.80. The summed E-state index contributed by atoms with van der Waals surface area (Å²) in [6.45, 7) is 1.39. The molecule has 188 valence electrons. The SMILES string of the molecule is CC(=N)/N=C(\Nc1cc(Br)cnc1C(F)(F)F)C1OC2COC(c3ccccc3)OC2C(N)C1O. The van der Waals surface area contributed by atoms with Gasteiger partial charge in [-0.05, 0) is 28.9 Å². The van der Waals surface area contributed by atoms with E-state index in [1.165, 1.54) is 13.0 Å². The van der Waals surface area contributed by atoms with Gasteiger partial charge >= 0.3 is 6.18 Å². The molecule has 0 bridgehead atoms. The molecule has 0 radical (unpaired) electrons. The second-order valence-electron chi connectivity index (χ2n) is 8.09. The van der Waals surface area contributed by atoms with Crippen LogP contribution in [0.3, 0.4) is 0 Å². The number of pyridine rings is 1. The first-order chi connectivity index (χ1) is 16.5. The summed E-state index contributed by atoms with van der Waals surface area (Å²) in [5.74, 6) is -0.453. The Labute approximate surface area is 207 Å². The smallest absolute Gasteiger partial charge is 0.388 e.